The van der Waals surface area contributed by atoms with Crippen LogP contribution in [-0.4, -0.2) is 18.7 Å². The van der Waals surface area contributed by atoms with Gasteiger partial charge in [0, 0.05) is 0 Å². The van der Waals surface area contributed by atoms with Crippen LogP contribution in [0.1, 0.15) is 37.6 Å². The van der Waals surface area contributed by atoms with Crippen molar-refractivity contribution in [2.45, 2.75) is 33.3 Å². The van der Waals surface area contributed by atoms with E-state index in [1.54, 1.807) is 48.5 Å². The van der Waals surface area contributed by atoms with Crippen molar-refractivity contribution < 1.29 is 19.0 Å². The molecular weight excluding hydrogens is 292 g/mol. The summed E-state index contributed by atoms with van der Waals surface area (Å²) in [6.45, 7) is 6.63. The molecule has 0 radical (unpaired) electrons. The normalized spacial score (nSPS) is 10.4. The molecule has 0 aliphatic heterocycles. The highest BCUT2D eigenvalue weighted by Crippen LogP contribution is 2.20. The van der Waals surface area contributed by atoms with E-state index in [0.717, 1.165) is 17.9 Å². The van der Waals surface area contributed by atoms with Crippen LogP contribution < -0.4 is 14.2 Å². The zero-order valence-corrected chi connectivity index (χ0v) is 13.7. The molecule has 0 aromatic heterocycles. The second-order valence-corrected chi connectivity index (χ2v) is 5.40. The molecule has 0 saturated carbocycles. The second-order valence-electron chi connectivity index (χ2n) is 5.40. The summed E-state index contributed by atoms with van der Waals surface area (Å²) < 4.78 is 16.4. The fourth-order valence-corrected chi connectivity index (χ4v) is 1.93. The number of rotatable bonds is 7. The Labute approximate surface area is 137 Å². The number of benzene rings is 2. The Hall–Kier alpha value is -2.49. The van der Waals surface area contributed by atoms with Crippen LogP contribution in [0.25, 0.3) is 0 Å². The van der Waals surface area contributed by atoms with Gasteiger partial charge in [-0.25, -0.2) is 4.79 Å². The first-order chi connectivity index (χ1) is 11.1. The molecule has 4 nitrogen and oxygen atoms in total. The van der Waals surface area contributed by atoms with Gasteiger partial charge < -0.3 is 14.2 Å². The lowest BCUT2D eigenvalue weighted by Gasteiger charge is -2.10. The smallest absolute Gasteiger partial charge is 0.343 e. The largest absolute Gasteiger partial charge is 0.494 e. The Balaban J connectivity index is 1.95. The lowest BCUT2D eigenvalue weighted by Crippen LogP contribution is -2.09. The van der Waals surface area contributed by atoms with Gasteiger partial charge in [0.05, 0.1) is 18.3 Å². The molecule has 0 bridgehead atoms. The number of esters is 1. The highest BCUT2D eigenvalue weighted by molar-refractivity contribution is 5.91. The van der Waals surface area contributed by atoms with E-state index in [2.05, 4.69) is 0 Å². The highest BCUT2D eigenvalue weighted by Gasteiger charge is 2.09. The van der Waals surface area contributed by atoms with Gasteiger partial charge in [-0.05, 0) is 68.8 Å². The molecule has 0 atom stereocenters. The predicted molar refractivity (Wildman–Crippen MR) is 89.4 cm³/mol. The van der Waals surface area contributed by atoms with Gasteiger partial charge in [-0.1, -0.05) is 6.92 Å². The first-order valence-electron chi connectivity index (χ1n) is 7.80. The van der Waals surface area contributed by atoms with Crippen molar-refractivity contribution in [1.29, 1.82) is 0 Å². The standard InChI is InChI=1S/C19H22O4/c1-4-13-21-16-7-5-15(6-8-16)19(20)23-18-11-9-17(10-12-18)22-14(2)3/h5-12,14H,4,13H2,1-3H3. The van der Waals surface area contributed by atoms with Gasteiger partial charge in [0.25, 0.3) is 0 Å². The van der Waals surface area contributed by atoms with Crippen LogP contribution in [-0.2, 0) is 0 Å². The molecule has 2 aromatic rings. The summed E-state index contributed by atoms with van der Waals surface area (Å²) in [5.41, 5.74) is 0.483. The second kappa shape index (κ2) is 8.22. The minimum Gasteiger partial charge on any atom is -0.494 e. The summed E-state index contributed by atoms with van der Waals surface area (Å²) in [6, 6.07) is 13.9. The number of carbonyl (C=O) groups excluding carboxylic acids is 1. The minimum absolute atomic E-state index is 0.108. The number of hydrogen-bond acceptors (Lipinski definition) is 4. The molecule has 0 heterocycles. The lowest BCUT2D eigenvalue weighted by atomic mass is 10.2. The molecule has 0 N–H and O–H groups in total. The maximum absolute atomic E-state index is 12.1. The summed E-state index contributed by atoms with van der Waals surface area (Å²) in [5, 5.41) is 0. The lowest BCUT2D eigenvalue weighted by molar-refractivity contribution is 0.0734. The Kier molecular flexibility index (Phi) is 6.03. The van der Waals surface area contributed by atoms with Crippen LogP contribution in [0.3, 0.4) is 0 Å². The maximum atomic E-state index is 12.1. The monoisotopic (exact) mass is 314 g/mol. The van der Waals surface area contributed by atoms with E-state index in [9.17, 15) is 4.79 Å². The van der Waals surface area contributed by atoms with Crippen LogP contribution in [0.5, 0.6) is 17.2 Å². The van der Waals surface area contributed by atoms with Crippen molar-refractivity contribution >= 4 is 5.97 Å². The summed E-state index contributed by atoms with van der Waals surface area (Å²) >= 11 is 0. The van der Waals surface area contributed by atoms with Crippen molar-refractivity contribution in [3.8, 4) is 17.2 Å². The molecule has 0 aliphatic rings. The Morgan fingerprint density at radius 3 is 2.04 bits per heavy atom. The third-order valence-electron chi connectivity index (χ3n) is 2.97. The van der Waals surface area contributed by atoms with E-state index >= 15 is 0 Å². The highest BCUT2D eigenvalue weighted by atomic mass is 16.5. The van der Waals surface area contributed by atoms with E-state index in [1.807, 2.05) is 20.8 Å². The van der Waals surface area contributed by atoms with Gasteiger partial charge in [0.15, 0.2) is 0 Å². The van der Waals surface area contributed by atoms with Gasteiger partial charge in [-0.15, -0.1) is 0 Å². The quantitative estimate of drug-likeness (QED) is 0.558. The van der Waals surface area contributed by atoms with Gasteiger partial charge >= 0.3 is 5.97 Å². The van der Waals surface area contributed by atoms with Gasteiger partial charge in [-0.3, -0.25) is 0 Å². The third-order valence-corrected chi connectivity index (χ3v) is 2.97. The molecule has 0 saturated heterocycles. The SMILES string of the molecule is CCCOc1ccc(C(=O)Oc2ccc(OC(C)C)cc2)cc1. The van der Waals surface area contributed by atoms with E-state index < -0.39 is 5.97 Å². The van der Waals surface area contributed by atoms with Crippen molar-refractivity contribution in [3.05, 3.63) is 54.1 Å². The molecule has 2 rings (SSSR count). The van der Waals surface area contributed by atoms with E-state index in [0.29, 0.717) is 17.9 Å². The molecule has 0 amide bonds. The molecule has 0 fully saturated rings. The molecule has 0 spiro atoms. The average molecular weight is 314 g/mol. The number of ether oxygens (including phenoxy) is 3. The summed E-state index contributed by atoms with van der Waals surface area (Å²) in [7, 11) is 0. The maximum Gasteiger partial charge on any atom is 0.343 e. The van der Waals surface area contributed by atoms with E-state index in [4.69, 9.17) is 14.2 Å². The fourth-order valence-electron chi connectivity index (χ4n) is 1.93. The topological polar surface area (TPSA) is 44.8 Å². The number of hydrogen-bond donors (Lipinski definition) is 0. The van der Waals surface area contributed by atoms with Crippen LogP contribution in [0.15, 0.2) is 48.5 Å². The third kappa shape index (κ3) is 5.33. The van der Waals surface area contributed by atoms with E-state index in [-0.39, 0.29) is 6.10 Å². The first kappa shape index (κ1) is 16.9. The van der Waals surface area contributed by atoms with Crippen LogP contribution in [0, 0.1) is 0 Å². The predicted octanol–water partition coefficient (Wildman–Crippen LogP) is 4.48. The molecule has 0 unspecified atom stereocenters. The van der Waals surface area contributed by atoms with Crippen LogP contribution >= 0.6 is 0 Å². The molecule has 0 aliphatic carbocycles. The Morgan fingerprint density at radius 2 is 1.48 bits per heavy atom. The van der Waals surface area contributed by atoms with E-state index in [1.165, 1.54) is 0 Å². The van der Waals surface area contributed by atoms with Gasteiger partial charge in [-0.2, -0.15) is 0 Å². The van der Waals surface area contributed by atoms with Gasteiger partial charge in [0.1, 0.15) is 17.2 Å². The number of carbonyl (C=O) groups is 1. The molecule has 4 heteroatoms. The van der Waals surface area contributed by atoms with Crippen molar-refractivity contribution in [1.82, 2.24) is 0 Å². The average Bonchev–Trinajstić information content (AvgIpc) is 2.54. The Morgan fingerprint density at radius 1 is 0.913 bits per heavy atom. The summed E-state index contributed by atoms with van der Waals surface area (Å²) in [5.74, 6) is 1.58. The minimum atomic E-state index is -0.399. The summed E-state index contributed by atoms with van der Waals surface area (Å²) in [4.78, 5) is 12.1. The van der Waals surface area contributed by atoms with Gasteiger partial charge in [0.2, 0.25) is 0 Å². The molecule has 122 valence electrons. The van der Waals surface area contributed by atoms with Crippen LogP contribution in [0.4, 0.5) is 0 Å². The van der Waals surface area contributed by atoms with Crippen molar-refractivity contribution in [2.75, 3.05) is 6.61 Å². The van der Waals surface area contributed by atoms with Crippen LogP contribution in [0.2, 0.25) is 0 Å². The fraction of sp³-hybridized carbons (Fsp3) is 0.316. The van der Waals surface area contributed by atoms with Crippen molar-refractivity contribution in [3.63, 3.8) is 0 Å². The zero-order chi connectivity index (χ0) is 16.7. The Bertz CT molecular complexity index is 615. The van der Waals surface area contributed by atoms with Crippen molar-refractivity contribution in [2.24, 2.45) is 0 Å². The summed E-state index contributed by atoms with van der Waals surface area (Å²) in [6.07, 6.45) is 1.05. The first-order valence-corrected chi connectivity index (χ1v) is 7.80. The molecule has 2 aromatic carbocycles. The molecular formula is C19H22O4. The zero-order valence-electron chi connectivity index (χ0n) is 13.7. The molecule has 23 heavy (non-hydrogen) atoms.